The number of carbonyl (C=O) groups is 1. The molecule has 5 nitrogen and oxygen atoms in total. The zero-order chi connectivity index (χ0) is 17.2. The predicted molar refractivity (Wildman–Crippen MR) is 102 cm³/mol. The van der Waals surface area contributed by atoms with Gasteiger partial charge in [0, 0.05) is 28.4 Å². The minimum Gasteiger partial charge on any atom is -0.340 e. The van der Waals surface area contributed by atoms with Crippen molar-refractivity contribution in [1.29, 1.82) is 0 Å². The van der Waals surface area contributed by atoms with E-state index in [1.807, 2.05) is 35.7 Å². The number of thiophene rings is 1. The largest absolute Gasteiger partial charge is 0.340 e. The SMILES string of the molecule is CCn1c(-c2cc(NC(=O)Cc3cccs3)n[nH]2)cc2ccccc21. The van der Waals surface area contributed by atoms with E-state index in [4.69, 9.17) is 0 Å². The summed E-state index contributed by atoms with van der Waals surface area (Å²) < 4.78 is 2.24. The van der Waals surface area contributed by atoms with Crippen LogP contribution in [0.25, 0.3) is 22.3 Å². The van der Waals surface area contributed by atoms with Gasteiger partial charge in [-0.05, 0) is 30.5 Å². The summed E-state index contributed by atoms with van der Waals surface area (Å²) in [6, 6.07) is 16.2. The molecule has 3 aromatic heterocycles. The van der Waals surface area contributed by atoms with E-state index < -0.39 is 0 Å². The normalized spacial score (nSPS) is 11.1. The number of H-pyrrole nitrogens is 1. The topological polar surface area (TPSA) is 62.7 Å². The number of hydrogen-bond acceptors (Lipinski definition) is 3. The Labute approximate surface area is 149 Å². The summed E-state index contributed by atoms with van der Waals surface area (Å²) in [5.41, 5.74) is 3.15. The molecule has 1 amide bonds. The van der Waals surface area contributed by atoms with Crippen LogP contribution in [-0.2, 0) is 17.8 Å². The molecule has 4 aromatic rings. The van der Waals surface area contributed by atoms with E-state index in [1.165, 1.54) is 10.9 Å². The molecule has 0 aliphatic heterocycles. The Morgan fingerprint density at radius 3 is 2.92 bits per heavy atom. The summed E-state index contributed by atoms with van der Waals surface area (Å²) in [6.45, 7) is 2.98. The van der Waals surface area contributed by atoms with Gasteiger partial charge in [0.05, 0.1) is 17.8 Å². The van der Waals surface area contributed by atoms with Gasteiger partial charge in [-0.25, -0.2) is 0 Å². The molecule has 2 N–H and O–H groups in total. The second-order valence-corrected chi connectivity index (χ2v) is 6.84. The summed E-state index contributed by atoms with van der Waals surface area (Å²) in [6.07, 6.45) is 0.370. The lowest BCUT2D eigenvalue weighted by molar-refractivity contribution is -0.115. The third kappa shape index (κ3) is 3.08. The van der Waals surface area contributed by atoms with Crippen LogP contribution in [0.15, 0.2) is 53.9 Å². The first kappa shape index (κ1) is 15.7. The van der Waals surface area contributed by atoms with Crippen molar-refractivity contribution in [2.24, 2.45) is 0 Å². The fraction of sp³-hybridized carbons (Fsp3) is 0.158. The Kier molecular flexibility index (Phi) is 4.11. The number of hydrogen-bond donors (Lipinski definition) is 2. The molecule has 0 unspecified atom stereocenters. The number of benzene rings is 1. The number of fused-ring (bicyclic) bond motifs is 1. The molecule has 1 aromatic carbocycles. The van der Waals surface area contributed by atoms with Gasteiger partial charge in [-0.3, -0.25) is 9.89 Å². The Balaban J connectivity index is 1.58. The minimum absolute atomic E-state index is 0.0588. The van der Waals surface area contributed by atoms with Gasteiger partial charge in [-0.2, -0.15) is 5.10 Å². The highest BCUT2D eigenvalue weighted by molar-refractivity contribution is 7.10. The van der Waals surface area contributed by atoms with Crippen LogP contribution in [0.4, 0.5) is 5.82 Å². The summed E-state index contributed by atoms with van der Waals surface area (Å²) >= 11 is 1.58. The fourth-order valence-corrected chi connectivity index (χ4v) is 3.75. The molecule has 0 fully saturated rings. The average molecular weight is 350 g/mol. The first-order chi connectivity index (χ1) is 12.2. The molecule has 0 bridgehead atoms. The summed E-state index contributed by atoms with van der Waals surface area (Å²) in [5, 5.41) is 13.3. The maximum Gasteiger partial charge on any atom is 0.230 e. The van der Waals surface area contributed by atoms with Crippen molar-refractivity contribution in [2.75, 3.05) is 5.32 Å². The zero-order valence-electron chi connectivity index (χ0n) is 13.8. The van der Waals surface area contributed by atoms with Gasteiger partial charge in [-0.1, -0.05) is 24.3 Å². The fourth-order valence-electron chi connectivity index (χ4n) is 3.05. The number of para-hydroxylation sites is 1. The summed E-state index contributed by atoms with van der Waals surface area (Å²) in [7, 11) is 0. The number of nitrogens with one attached hydrogen (secondary N) is 2. The Hall–Kier alpha value is -2.86. The van der Waals surface area contributed by atoms with Crippen molar-refractivity contribution < 1.29 is 4.79 Å². The molecule has 4 rings (SSSR count). The van der Waals surface area contributed by atoms with Crippen molar-refractivity contribution in [3.05, 3.63) is 58.8 Å². The molecule has 0 atom stereocenters. The lowest BCUT2D eigenvalue weighted by Crippen LogP contribution is -2.13. The number of amides is 1. The highest BCUT2D eigenvalue weighted by Gasteiger charge is 2.13. The average Bonchev–Trinajstić information content (AvgIpc) is 3.33. The van der Waals surface area contributed by atoms with E-state index in [-0.39, 0.29) is 5.91 Å². The van der Waals surface area contributed by atoms with E-state index in [9.17, 15) is 4.79 Å². The molecule has 0 spiro atoms. The second-order valence-electron chi connectivity index (χ2n) is 5.80. The van der Waals surface area contributed by atoms with E-state index in [1.54, 1.807) is 11.3 Å². The smallest absolute Gasteiger partial charge is 0.230 e. The van der Waals surface area contributed by atoms with Gasteiger partial charge in [0.1, 0.15) is 0 Å². The standard InChI is InChI=1S/C19H18N4OS/c1-2-23-16-8-4-3-6-13(16)10-17(23)15-12-18(22-21-15)20-19(24)11-14-7-5-9-25-14/h3-10,12H,2,11H2,1H3,(H2,20,21,22,24). The number of nitrogens with zero attached hydrogens (tertiary/aromatic N) is 2. The minimum atomic E-state index is -0.0588. The molecular weight excluding hydrogens is 332 g/mol. The summed E-state index contributed by atoms with van der Waals surface area (Å²) in [5.74, 6) is 0.487. The van der Waals surface area contributed by atoms with Gasteiger partial charge in [0.15, 0.2) is 5.82 Å². The lowest BCUT2D eigenvalue weighted by atomic mass is 10.2. The Bertz CT molecular complexity index is 1010. The maximum absolute atomic E-state index is 12.1. The monoisotopic (exact) mass is 350 g/mol. The van der Waals surface area contributed by atoms with Gasteiger partial charge in [-0.15, -0.1) is 11.3 Å². The molecule has 6 heteroatoms. The Morgan fingerprint density at radius 2 is 2.12 bits per heavy atom. The first-order valence-corrected chi connectivity index (χ1v) is 9.09. The van der Waals surface area contributed by atoms with Crippen molar-refractivity contribution in [2.45, 2.75) is 19.9 Å². The molecule has 0 saturated carbocycles. The van der Waals surface area contributed by atoms with Crippen LogP contribution >= 0.6 is 11.3 Å². The van der Waals surface area contributed by atoms with Crippen LogP contribution in [0.2, 0.25) is 0 Å². The molecule has 0 aliphatic rings. The number of aryl methyl sites for hydroxylation is 1. The summed E-state index contributed by atoms with van der Waals surface area (Å²) in [4.78, 5) is 13.2. The number of carbonyl (C=O) groups excluding carboxylic acids is 1. The lowest BCUT2D eigenvalue weighted by Gasteiger charge is -2.05. The van der Waals surface area contributed by atoms with E-state index >= 15 is 0 Å². The highest BCUT2D eigenvalue weighted by atomic mass is 32.1. The van der Waals surface area contributed by atoms with Crippen molar-refractivity contribution in [3.63, 3.8) is 0 Å². The van der Waals surface area contributed by atoms with Crippen molar-refractivity contribution in [3.8, 4) is 11.4 Å². The quantitative estimate of drug-likeness (QED) is 0.564. The van der Waals surface area contributed by atoms with E-state index in [0.29, 0.717) is 12.2 Å². The van der Waals surface area contributed by atoms with Crippen LogP contribution in [0.3, 0.4) is 0 Å². The van der Waals surface area contributed by atoms with Crippen molar-refractivity contribution >= 4 is 34.0 Å². The van der Waals surface area contributed by atoms with Gasteiger partial charge in [0.25, 0.3) is 0 Å². The molecule has 3 heterocycles. The number of aromatic nitrogens is 3. The van der Waals surface area contributed by atoms with Gasteiger partial charge >= 0.3 is 0 Å². The molecule has 25 heavy (non-hydrogen) atoms. The van der Waals surface area contributed by atoms with Crippen molar-refractivity contribution in [1.82, 2.24) is 14.8 Å². The third-order valence-electron chi connectivity index (χ3n) is 4.16. The van der Waals surface area contributed by atoms with Crippen LogP contribution in [0.1, 0.15) is 11.8 Å². The van der Waals surface area contributed by atoms with Crippen LogP contribution < -0.4 is 5.32 Å². The predicted octanol–water partition coefficient (Wildman–Crippen LogP) is 4.29. The maximum atomic E-state index is 12.1. The highest BCUT2D eigenvalue weighted by Crippen LogP contribution is 2.28. The Morgan fingerprint density at radius 1 is 1.24 bits per heavy atom. The zero-order valence-corrected chi connectivity index (χ0v) is 14.6. The van der Waals surface area contributed by atoms with E-state index in [0.717, 1.165) is 22.8 Å². The molecule has 0 saturated heterocycles. The number of anilines is 1. The van der Waals surface area contributed by atoms with Gasteiger partial charge < -0.3 is 9.88 Å². The molecular formula is C19H18N4OS. The van der Waals surface area contributed by atoms with Crippen LogP contribution in [0, 0.1) is 0 Å². The molecule has 0 radical (unpaired) electrons. The van der Waals surface area contributed by atoms with Crippen LogP contribution in [0.5, 0.6) is 0 Å². The number of rotatable bonds is 5. The molecule has 0 aliphatic carbocycles. The van der Waals surface area contributed by atoms with Gasteiger partial charge in [0.2, 0.25) is 5.91 Å². The number of aromatic amines is 1. The third-order valence-corrected chi connectivity index (χ3v) is 5.04. The molecule has 126 valence electrons. The second kappa shape index (κ2) is 6.57. The first-order valence-electron chi connectivity index (χ1n) is 8.21. The van der Waals surface area contributed by atoms with Crippen LogP contribution in [-0.4, -0.2) is 20.7 Å². The van der Waals surface area contributed by atoms with E-state index in [2.05, 4.69) is 45.2 Å².